The molecule has 0 spiro atoms. The predicted molar refractivity (Wildman–Crippen MR) is 98.7 cm³/mol. The molecule has 0 saturated carbocycles. The third-order valence-corrected chi connectivity index (χ3v) is 3.75. The van der Waals surface area contributed by atoms with E-state index in [9.17, 15) is 9.59 Å². The van der Waals surface area contributed by atoms with Crippen molar-refractivity contribution in [2.75, 3.05) is 13.2 Å². The Morgan fingerprint density at radius 2 is 1.25 bits per heavy atom. The van der Waals surface area contributed by atoms with Gasteiger partial charge in [0.05, 0.1) is 6.61 Å². The van der Waals surface area contributed by atoms with Crippen molar-refractivity contribution in [3.8, 4) is 0 Å². The van der Waals surface area contributed by atoms with Crippen molar-refractivity contribution in [2.45, 2.75) is 81.3 Å². The fourth-order valence-electron chi connectivity index (χ4n) is 2.11. The van der Waals surface area contributed by atoms with E-state index in [0.717, 1.165) is 12.8 Å². The van der Waals surface area contributed by atoms with Crippen LogP contribution in [0.5, 0.6) is 0 Å². The van der Waals surface area contributed by atoms with E-state index in [1.54, 1.807) is 0 Å². The molecular formula is C17H29Cl3O4. The largest absolute Gasteiger partial charge is 0.466 e. The highest BCUT2D eigenvalue weighted by Crippen LogP contribution is 2.26. The number of ether oxygens (including phenoxy) is 2. The third kappa shape index (κ3) is 18.2. The van der Waals surface area contributed by atoms with Gasteiger partial charge in [0, 0.05) is 12.8 Å². The molecule has 0 N–H and O–H groups in total. The maximum Gasteiger partial charge on any atom is 0.305 e. The lowest BCUT2D eigenvalue weighted by Gasteiger charge is -2.11. The molecule has 0 fully saturated rings. The Labute approximate surface area is 160 Å². The van der Waals surface area contributed by atoms with E-state index in [0.29, 0.717) is 13.0 Å². The number of unbranched alkanes of at least 4 members (excludes halogenated alkanes) is 7. The molecule has 0 aromatic carbocycles. The summed E-state index contributed by atoms with van der Waals surface area (Å²) in [6.45, 7) is 2.37. The molecule has 0 aromatic rings. The van der Waals surface area contributed by atoms with Gasteiger partial charge in [0.2, 0.25) is 3.79 Å². The first-order valence-corrected chi connectivity index (χ1v) is 9.86. The van der Waals surface area contributed by atoms with E-state index in [2.05, 4.69) is 6.92 Å². The molecule has 0 heterocycles. The van der Waals surface area contributed by atoms with Crippen molar-refractivity contribution >= 4 is 46.7 Å². The Balaban J connectivity index is 3.39. The van der Waals surface area contributed by atoms with E-state index < -0.39 is 9.76 Å². The number of alkyl halides is 3. The average molecular weight is 404 g/mol. The minimum Gasteiger partial charge on any atom is -0.466 e. The van der Waals surface area contributed by atoms with Gasteiger partial charge in [-0.05, 0) is 12.8 Å². The molecule has 4 nitrogen and oxygen atoms in total. The Morgan fingerprint density at radius 1 is 0.750 bits per heavy atom. The van der Waals surface area contributed by atoms with Gasteiger partial charge >= 0.3 is 11.9 Å². The zero-order valence-electron chi connectivity index (χ0n) is 14.5. The van der Waals surface area contributed by atoms with Gasteiger partial charge in [0.15, 0.2) is 0 Å². The molecule has 0 amide bonds. The second kappa shape index (κ2) is 15.1. The number of esters is 2. The van der Waals surface area contributed by atoms with Crippen LogP contribution in [0.4, 0.5) is 0 Å². The topological polar surface area (TPSA) is 52.6 Å². The van der Waals surface area contributed by atoms with Crippen LogP contribution in [-0.2, 0) is 19.1 Å². The van der Waals surface area contributed by atoms with E-state index in [4.69, 9.17) is 44.3 Å². The van der Waals surface area contributed by atoms with Crippen LogP contribution < -0.4 is 0 Å². The van der Waals surface area contributed by atoms with E-state index in [1.165, 1.54) is 38.5 Å². The fraction of sp³-hybridized carbons (Fsp3) is 0.882. The smallest absolute Gasteiger partial charge is 0.305 e. The molecular weight excluding hydrogens is 375 g/mol. The molecule has 0 aliphatic carbocycles. The molecule has 0 radical (unpaired) electrons. The van der Waals surface area contributed by atoms with Crippen LogP contribution in [0.25, 0.3) is 0 Å². The van der Waals surface area contributed by atoms with Crippen LogP contribution in [0.2, 0.25) is 0 Å². The molecule has 142 valence electrons. The van der Waals surface area contributed by atoms with Gasteiger partial charge in [-0.1, -0.05) is 86.7 Å². The Hall–Kier alpha value is -0.190. The van der Waals surface area contributed by atoms with Crippen LogP contribution in [0, 0.1) is 0 Å². The summed E-state index contributed by atoms with van der Waals surface area (Å²) >= 11 is 16.4. The number of hydrogen-bond donors (Lipinski definition) is 0. The molecule has 0 bridgehead atoms. The second-order valence-corrected chi connectivity index (χ2v) is 8.34. The summed E-state index contributed by atoms with van der Waals surface area (Å²) in [5, 5.41) is 0. The zero-order valence-corrected chi connectivity index (χ0v) is 16.7. The van der Waals surface area contributed by atoms with Gasteiger partial charge in [-0.15, -0.1) is 0 Å². The normalized spacial score (nSPS) is 11.3. The molecule has 0 atom stereocenters. The number of halogens is 3. The summed E-state index contributed by atoms with van der Waals surface area (Å²) in [5.41, 5.74) is 0. The molecule has 0 aliphatic heterocycles. The van der Waals surface area contributed by atoms with Gasteiger partial charge < -0.3 is 9.47 Å². The molecule has 7 heteroatoms. The Bertz CT molecular complexity index is 343. The first kappa shape index (κ1) is 23.8. The van der Waals surface area contributed by atoms with Crippen LogP contribution in [0.1, 0.15) is 77.6 Å². The van der Waals surface area contributed by atoms with Gasteiger partial charge in [-0.25, -0.2) is 0 Å². The number of hydrogen-bond acceptors (Lipinski definition) is 4. The first-order chi connectivity index (χ1) is 11.3. The Kier molecular flexibility index (Phi) is 15.0. The highest BCUT2D eigenvalue weighted by molar-refractivity contribution is 6.67. The highest BCUT2D eigenvalue weighted by atomic mass is 35.6. The number of rotatable bonds is 14. The van der Waals surface area contributed by atoms with Crippen molar-refractivity contribution < 1.29 is 19.1 Å². The maximum atomic E-state index is 11.5. The number of carbonyl (C=O) groups excluding carboxylic acids is 2. The fourth-order valence-corrected chi connectivity index (χ4v) is 2.27. The van der Waals surface area contributed by atoms with Crippen molar-refractivity contribution in [1.82, 2.24) is 0 Å². The molecule has 0 unspecified atom stereocenters. The summed E-state index contributed by atoms with van der Waals surface area (Å²) in [5.74, 6) is -0.774. The van der Waals surface area contributed by atoms with Crippen LogP contribution in [0.15, 0.2) is 0 Å². The van der Waals surface area contributed by atoms with E-state index >= 15 is 0 Å². The number of carbonyl (C=O) groups is 2. The molecule has 0 aromatic heterocycles. The summed E-state index contributed by atoms with van der Waals surface area (Å²) in [6.07, 6.45) is 10.3. The lowest BCUT2D eigenvalue weighted by molar-refractivity contribution is -0.145. The van der Waals surface area contributed by atoms with Crippen molar-refractivity contribution in [2.24, 2.45) is 0 Å². The summed E-state index contributed by atoms with van der Waals surface area (Å²) in [4.78, 5) is 22.9. The highest BCUT2D eigenvalue weighted by Gasteiger charge is 2.22. The second-order valence-electron chi connectivity index (χ2n) is 5.82. The quantitative estimate of drug-likeness (QED) is 0.210. The molecule has 24 heavy (non-hydrogen) atoms. The summed E-state index contributed by atoms with van der Waals surface area (Å²) < 4.78 is 8.28. The van der Waals surface area contributed by atoms with Crippen molar-refractivity contribution in [3.05, 3.63) is 0 Å². The third-order valence-electron chi connectivity index (χ3n) is 3.42. The van der Waals surface area contributed by atoms with E-state index in [1.807, 2.05) is 0 Å². The molecule has 0 aliphatic rings. The zero-order chi connectivity index (χ0) is 18.3. The Morgan fingerprint density at radius 3 is 1.79 bits per heavy atom. The van der Waals surface area contributed by atoms with Gasteiger partial charge in [0.25, 0.3) is 0 Å². The van der Waals surface area contributed by atoms with Crippen LogP contribution in [-0.4, -0.2) is 28.9 Å². The predicted octanol–water partition coefficient (Wildman–Crippen LogP) is 5.75. The first-order valence-electron chi connectivity index (χ1n) is 8.73. The standard InChI is InChI=1S/C17H29Cl3O4/c1-2-3-4-5-6-7-8-9-13-23-15(21)11-10-12-16(22)24-14-17(18,19)20/h2-14H2,1H3. The van der Waals surface area contributed by atoms with Crippen molar-refractivity contribution in [3.63, 3.8) is 0 Å². The lowest BCUT2D eigenvalue weighted by atomic mass is 10.1. The molecule has 0 saturated heterocycles. The van der Waals surface area contributed by atoms with E-state index in [-0.39, 0.29) is 25.4 Å². The van der Waals surface area contributed by atoms with Crippen LogP contribution in [0.3, 0.4) is 0 Å². The van der Waals surface area contributed by atoms with Gasteiger partial charge in [0.1, 0.15) is 6.61 Å². The SMILES string of the molecule is CCCCCCCCCCOC(=O)CCCC(=O)OCC(Cl)(Cl)Cl. The maximum absolute atomic E-state index is 11.5. The van der Waals surface area contributed by atoms with Gasteiger partial charge in [-0.2, -0.15) is 0 Å². The van der Waals surface area contributed by atoms with Crippen molar-refractivity contribution in [1.29, 1.82) is 0 Å². The minimum absolute atomic E-state index is 0.105. The molecule has 0 rings (SSSR count). The monoisotopic (exact) mass is 402 g/mol. The minimum atomic E-state index is -1.61. The lowest BCUT2D eigenvalue weighted by Crippen LogP contribution is -2.17. The summed E-state index contributed by atoms with van der Waals surface area (Å²) in [7, 11) is 0. The summed E-state index contributed by atoms with van der Waals surface area (Å²) in [6, 6.07) is 0. The average Bonchev–Trinajstić information content (AvgIpc) is 2.50. The van der Waals surface area contributed by atoms with Gasteiger partial charge in [-0.3, -0.25) is 9.59 Å². The van der Waals surface area contributed by atoms with Crippen LogP contribution >= 0.6 is 34.8 Å².